The van der Waals surface area contributed by atoms with Crippen molar-refractivity contribution >= 4 is 28.4 Å². The summed E-state index contributed by atoms with van der Waals surface area (Å²) in [5, 5.41) is 13.6. The second-order valence-electron chi connectivity index (χ2n) is 8.86. The van der Waals surface area contributed by atoms with Crippen LogP contribution in [0.3, 0.4) is 0 Å². The Labute approximate surface area is 204 Å². The quantitative estimate of drug-likeness (QED) is 0.399. The molecule has 1 amide bonds. The van der Waals surface area contributed by atoms with Crippen molar-refractivity contribution < 1.29 is 4.79 Å². The fourth-order valence-corrected chi connectivity index (χ4v) is 4.73. The molecule has 1 aliphatic rings. The molecule has 4 aromatic rings. The van der Waals surface area contributed by atoms with Gasteiger partial charge in [-0.25, -0.2) is 0 Å². The van der Waals surface area contributed by atoms with Crippen molar-refractivity contribution in [3.05, 3.63) is 95.0 Å². The molecule has 1 saturated heterocycles. The first-order chi connectivity index (χ1) is 16.7. The lowest BCUT2D eigenvalue weighted by atomic mass is 9.96. The summed E-state index contributed by atoms with van der Waals surface area (Å²) in [5.41, 5.74) is 4.11. The highest BCUT2D eigenvalue weighted by atomic mass is 35.5. The van der Waals surface area contributed by atoms with Crippen molar-refractivity contribution in [2.24, 2.45) is 5.92 Å². The first-order valence-corrected chi connectivity index (χ1v) is 12.1. The standard InChI is InChI=1S/C28H27ClN4O/c29-23-12-10-21(11-13-23)19-33-16-14-20(15-17-33)18-30-28(34)26-24-8-4-5-9-25(24)31-32-27(26)22-6-2-1-3-7-22/h1-13,20H,14-19H2,(H,30,34). The summed E-state index contributed by atoms with van der Waals surface area (Å²) < 4.78 is 0. The van der Waals surface area contributed by atoms with Crippen LogP contribution in [0.15, 0.2) is 78.9 Å². The molecule has 0 atom stereocenters. The van der Waals surface area contributed by atoms with Crippen LogP contribution in [0.2, 0.25) is 5.02 Å². The van der Waals surface area contributed by atoms with E-state index < -0.39 is 0 Å². The number of piperidine rings is 1. The minimum Gasteiger partial charge on any atom is -0.352 e. The maximum atomic E-state index is 13.4. The van der Waals surface area contributed by atoms with Crippen molar-refractivity contribution in [2.45, 2.75) is 19.4 Å². The largest absolute Gasteiger partial charge is 0.352 e. The van der Waals surface area contributed by atoms with Crippen LogP contribution in [0.1, 0.15) is 28.8 Å². The number of rotatable bonds is 6. The number of nitrogens with one attached hydrogen (secondary N) is 1. The summed E-state index contributed by atoms with van der Waals surface area (Å²) in [6, 6.07) is 25.5. The molecule has 172 valence electrons. The van der Waals surface area contributed by atoms with Crippen molar-refractivity contribution in [1.82, 2.24) is 20.4 Å². The summed E-state index contributed by atoms with van der Waals surface area (Å²) in [6.45, 7) is 3.65. The number of aromatic nitrogens is 2. The lowest BCUT2D eigenvalue weighted by molar-refractivity contribution is 0.0937. The molecule has 2 heterocycles. The number of carbonyl (C=O) groups is 1. The number of hydrogen-bond donors (Lipinski definition) is 1. The number of hydrogen-bond acceptors (Lipinski definition) is 4. The summed E-state index contributed by atoms with van der Waals surface area (Å²) in [4.78, 5) is 15.9. The van der Waals surface area contributed by atoms with Crippen molar-refractivity contribution in [3.8, 4) is 11.3 Å². The van der Waals surface area contributed by atoms with Crippen LogP contribution >= 0.6 is 11.6 Å². The minimum atomic E-state index is -0.0893. The highest BCUT2D eigenvalue weighted by Crippen LogP contribution is 2.27. The van der Waals surface area contributed by atoms with Gasteiger partial charge in [0.05, 0.1) is 11.1 Å². The zero-order chi connectivity index (χ0) is 23.3. The van der Waals surface area contributed by atoms with E-state index in [4.69, 9.17) is 11.6 Å². The Morgan fingerprint density at radius 3 is 2.38 bits per heavy atom. The third kappa shape index (κ3) is 5.11. The number of fused-ring (bicyclic) bond motifs is 1. The van der Waals surface area contributed by atoms with Crippen LogP contribution in [-0.4, -0.2) is 40.6 Å². The Bertz CT molecular complexity index is 1270. The van der Waals surface area contributed by atoms with Crippen LogP contribution < -0.4 is 5.32 Å². The van der Waals surface area contributed by atoms with Crippen LogP contribution in [0.5, 0.6) is 0 Å². The van der Waals surface area contributed by atoms with Gasteiger partial charge in [-0.15, -0.1) is 10.2 Å². The molecule has 0 bridgehead atoms. The summed E-state index contributed by atoms with van der Waals surface area (Å²) >= 11 is 6.00. The third-order valence-corrected chi connectivity index (χ3v) is 6.77. The first-order valence-electron chi connectivity index (χ1n) is 11.7. The summed E-state index contributed by atoms with van der Waals surface area (Å²) in [6.07, 6.45) is 2.13. The monoisotopic (exact) mass is 470 g/mol. The molecule has 0 unspecified atom stereocenters. The van der Waals surface area contributed by atoms with E-state index in [1.165, 1.54) is 5.56 Å². The van der Waals surface area contributed by atoms with Gasteiger partial charge in [0.2, 0.25) is 0 Å². The Hall–Kier alpha value is -3.28. The second kappa shape index (κ2) is 10.3. The zero-order valence-electron chi connectivity index (χ0n) is 19.0. The molecule has 34 heavy (non-hydrogen) atoms. The molecule has 5 rings (SSSR count). The molecular formula is C28H27ClN4O. The number of likely N-dealkylation sites (tertiary alicyclic amines) is 1. The van der Waals surface area contributed by atoms with E-state index in [0.717, 1.165) is 54.0 Å². The fraction of sp³-hybridized carbons (Fsp3) is 0.250. The Morgan fingerprint density at radius 2 is 1.62 bits per heavy atom. The third-order valence-electron chi connectivity index (χ3n) is 6.52. The summed E-state index contributed by atoms with van der Waals surface area (Å²) in [5.74, 6) is 0.375. The Morgan fingerprint density at radius 1 is 0.912 bits per heavy atom. The number of halogens is 1. The van der Waals surface area contributed by atoms with Crippen molar-refractivity contribution in [2.75, 3.05) is 19.6 Å². The van der Waals surface area contributed by atoms with Crippen molar-refractivity contribution in [1.29, 1.82) is 0 Å². The molecule has 1 fully saturated rings. The molecule has 6 heteroatoms. The highest BCUT2D eigenvalue weighted by molar-refractivity contribution is 6.30. The normalized spacial score (nSPS) is 14.9. The average Bonchev–Trinajstić information content (AvgIpc) is 2.89. The molecule has 0 aliphatic carbocycles. The smallest absolute Gasteiger partial charge is 0.254 e. The van der Waals surface area contributed by atoms with Gasteiger partial charge < -0.3 is 5.32 Å². The molecule has 1 aliphatic heterocycles. The fourth-order valence-electron chi connectivity index (χ4n) is 4.60. The van der Waals surface area contributed by atoms with Crippen LogP contribution in [0.25, 0.3) is 22.2 Å². The van der Waals surface area contributed by atoms with E-state index in [2.05, 4.69) is 32.5 Å². The summed E-state index contributed by atoms with van der Waals surface area (Å²) in [7, 11) is 0. The first kappa shape index (κ1) is 22.5. The van der Waals surface area contributed by atoms with Gasteiger partial charge in [-0.1, -0.05) is 72.3 Å². The van der Waals surface area contributed by atoms with E-state index in [-0.39, 0.29) is 5.91 Å². The lowest BCUT2D eigenvalue weighted by Gasteiger charge is -2.32. The molecule has 1 N–H and O–H groups in total. The maximum absolute atomic E-state index is 13.4. The van der Waals surface area contributed by atoms with Gasteiger partial charge in [0.15, 0.2) is 0 Å². The van der Waals surface area contributed by atoms with Gasteiger partial charge in [0.25, 0.3) is 5.91 Å². The number of amides is 1. The predicted octanol–water partition coefficient (Wildman–Crippen LogP) is 5.59. The van der Waals surface area contributed by atoms with E-state index in [0.29, 0.717) is 23.7 Å². The zero-order valence-corrected chi connectivity index (χ0v) is 19.7. The molecule has 5 nitrogen and oxygen atoms in total. The molecule has 0 radical (unpaired) electrons. The van der Waals surface area contributed by atoms with Gasteiger partial charge in [-0.3, -0.25) is 9.69 Å². The van der Waals surface area contributed by atoms with Crippen LogP contribution in [-0.2, 0) is 6.54 Å². The van der Waals surface area contributed by atoms with E-state index in [9.17, 15) is 4.79 Å². The Kier molecular flexibility index (Phi) is 6.84. The van der Waals surface area contributed by atoms with E-state index >= 15 is 0 Å². The van der Waals surface area contributed by atoms with E-state index in [1.807, 2.05) is 66.7 Å². The van der Waals surface area contributed by atoms with Gasteiger partial charge in [0.1, 0.15) is 5.69 Å². The molecule has 3 aromatic carbocycles. The maximum Gasteiger partial charge on any atom is 0.254 e. The highest BCUT2D eigenvalue weighted by Gasteiger charge is 2.23. The van der Waals surface area contributed by atoms with Gasteiger partial charge >= 0.3 is 0 Å². The predicted molar refractivity (Wildman–Crippen MR) is 137 cm³/mol. The molecular weight excluding hydrogens is 444 g/mol. The average molecular weight is 471 g/mol. The number of benzene rings is 3. The van der Waals surface area contributed by atoms with Crippen molar-refractivity contribution in [3.63, 3.8) is 0 Å². The van der Waals surface area contributed by atoms with Crippen LogP contribution in [0.4, 0.5) is 0 Å². The Balaban J connectivity index is 1.25. The topological polar surface area (TPSA) is 58.1 Å². The second-order valence-corrected chi connectivity index (χ2v) is 9.30. The van der Waals surface area contributed by atoms with Gasteiger partial charge in [-0.05, 0) is 55.6 Å². The van der Waals surface area contributed by atoms with Crippen LogP contribution in [0, 0.1) is 5.92 Å². The minimum absolute atomic E-state index is 0.0893. The lowest BCUT2D eigenvalue weighted by Crippen LogP contribution is -2.38. The molecule has 0 saturated carbocycles. The number of carbonyl (C=O) groups excluding carboxylic acids is 1. The molecule has 1 aromatic heterocycles. The van der Waals surface area contributed by atoms with Gasteiger partial charge in [0, 0.05) is 29.1 Å². The SMILES string of the molecule is O=C(NCC1CCN(Cc2ccc(Cl)cc2)CC1)c1c(-c2ccccc2)nnc2ccccc12. The van der Waals surface area contributed by atoms with Gasteiger partial charge in [-0.2, -0.15) is 0 Å². The van der Waals surface area contributed by atoms with E-state index in [1.54, 1.807) is 0 Å². The number of nitrogens with zero attached hydrogens (tertiary/aromatic N) is 3. The molecule has 0 spiro atoms.